The van der Waals surface area contributed by atoms with Crippen LogP contribution in [0.3, 0.4) is 0 Å². The summed E-state index contributed by atoms with van der Waals surface area (Å²) < 4.78 is 0. The van der Waals surface area contributed by atoms with Crippen LogP contribution in [0.2, 0.25) is 0 Å². The summed E-state index contributed by atoms with van der Waals surface area (Å²) >= 11 is 0. The van der Waals surface area contributed by atoms with E-state index in [4.69, 9.17) is 0 Å². The number of hydrogen-bond acceptors (Lipinski definition) is 1. The number of rotatable bonds is 2. The van der Waals surface area contributed by atoms with Crippen LogP contribution in [-0.4, -0.2) is 12.1 Å². The van der Waals surface area contributed by atoms with Crippen molar-refractivity contribution in [3.8, 4) is 0 Å². The van der Waals surface area contributed by atoms with Crippen LogP contribution in [0.15, 0.2) is 0 Å². The highest BCUT2D eigenvalue weighted by atomic mass is 15.0. The lowest BCUT2D eigenvalue weighted by Crippen LogP contribution is -2.55. The van der Waals surface area contributed by atoms with Gasteiger partial charge in [-0.25, -0.2) is 0 Å². The zero-order chi connectivity index (χ0) is 8.72. The van der Waals surface area contributed by atoms with Gasteiger partial charge in [0, 0.05) is 12.1 Å². The van der Waals surface area contributed by atoms with Crippen molar-refractivity contribution in [1.29, 1.82) is 0 Å². The van der Waals surface area contributed by atoms with E-state index in [-0.39, 0.29) is 0 Å². The van der Waals surface area contributed by atoms with Crippen LogP contribution < -0.4 is 5.32 Å². The molecule has 2 aliphatic carbocycles. The van der Waals surface area contributed by atoms with E-state index in [0.29, 0.717) is 0 Å². The number of hydrogen-bond donors (Lipinski definition) is 1. The monoisotopic (exact) mass is 167 g/mol. The van der Waals surface area contributed by atoms with Crippen molar-refractivity contribution in [3.63, 3.8) is 0 Å². The molecule has 0 aliphatic heterocycles. The first-order valence-electron chi connectivity index (χ1n) is 5.44. The van der Waals surface area contributed by atoms with Crippen molar-refractivity contribution < 1.29 is 0 Å². The largest absolute Gasteiger partial charge is 0.311 e. The molecule has 2 aliphatic rings. The van der Waals surface area contributed by atoms with Crippen molar-refractivity contribution in [2.45, 2.75) is 52.1 Å². The van der Waals surface area contributed by atoms with E-state index < -0.39 is 0 Å². The molecular weight excluding hydrogens is 146 g/mol. The first-order valence-corrected chi connectivity index (χ1v) is 5.44. The van der Waals surface area contributed by atoms with E-state index in [0.717, 1.165) is 29.8 Å². The van der Waals surface area contributed by atoms with Crippen LogP contribution >= 0.6 is 0 Å². The topological polar surface area (TPSA) is 12.0 Å². The molecular formula is C11H21N. The van der Waals surface area contributed by atoms with Crippen LogP contribution in [0.5, 0.6) is 0 Å². The van der Waals surface area contributed by atoms with E-state index in [9.17, 15) is 0 Å². The van der Waals surface area contributed by atoms with Gasteiger partial charge in [-0.3, -0.25) is 0 Å². The van der Waals surface area contributed by atoms with Gasteiger partial charge in [-0.2, -0.15) is 0 Å². The van der Waals surface area contributed by atoms with Gasteiger partial charge in [0.25, 0.3) is 0 Å². The molecule has 1 heteroatoms. The molecule has 5 atom stereocenters. The predicted molar refractivity (Wildman–Crippen MR) is 52.1 cm³/mol. The Morgan fingerprint density at radius 3 is 2.00 bits per heavy atom. The van der Waals surface area contributed by atoms with E-state index in [1.807, 2.05) is 0 Å². The SMILES string of the molecule is CC1CC(NC2CC[C@@H]2C)C1C. The maximum Gasteiger partial charge on any atom is 0.0101 e. The lowest BCUT2D eigenvalue weighted by molar-refractivity contribution is 0.0904. The summed E-state index contributed by atoms with van der Waals surface area (Å²) in [6.07, 6.45) is 4.26. The molecule has 70 valence electrons. The fourth-order valence-electron chi connectivity index (χ4n) is 2.44. The second-order valence-electron chi connectivity index (χ2n) is 5.01. The summed E-state index contributed by atoms with van der Waals surface area (Å²) in [5.41, 5.74) is 0. The van der Waals surface area contributed by atoms with Crippen LogP contribution in [0, 0.1) is 17.8 Å². The Hall–Kier alpha value is -0.0400. The molecule has 0 saturated heterocycles. The summed E-state index contributed by atoms with van der Waals surface area (Å²) in [6, 6.07) is 1.69. The zero-order valence-electron chi connectivity index (χ0n) is 8.51. The Morgan fingerprint density at radius 2 is 1.67 bits per heavy atom. The predicted octanol–water partition coefficient (Wildman–Crippen LogP) is 2.42. The highest BCUT2D eigenvalue weighted by molar-refractivity contribution is 4.94. The molecule has 2 rings (SSSR count). The van der Waals surface area contributed by atoms with Gasteiger partial charge >= 0.3 is 0 Å². The summed E-state index contributed by atoms with van der Waals surface area (Å²) in [7, 11) is 0. The van der Waals surface area contributed by atoms with Crippen molar-refractivity contribution in [1.82, 2.24) is 5.32 Å². The van der Waals surface area contributed by atoms with Gasteiger partial charge in [0.1, 0.15) is 0 Å². The second kappa shape index (κ2) is 3.02. The van der Waals surface area contributed by atoms with E-state index >= 15 is 0 Å². The molecule has 0 heterocycles. The fourth-order valence-corrected chi connectivity index (χ4v) is 2.44. The molecule has 4 unspecified atom stereocenters. The molecule has 2 saturated carbocycles. The van der Waals surface area contributed by atoms with Crippen LogP contribution in [-0.2, 0) is 0 Å². The molecule has 2 fully saturated rings. The Kier molecular flexibility index (Phi) is 2.16. The van der Waals surface area contributed by atoms with Crippen molar-refractivity contribution >= 4 is 0 Å². The standard InChI is InChI=1S/C11H21N/c1-7-4-5-10(7)12-11-6-8(2)9(11)3/h7-12H,4-6H2,1-3H3/t7-,8?,9?,10?,11?/m0/s1. The van der Waals surface area contributed by atoms with Gasteiger partial charge in [0.2, 0.25) is 0 Å². The molecule has 0 aromatic carbocycles. The molecule has 0 spiro atoms. The molecule has 0 aromatic heterocycles. The third kappa shape index (κ3) is 1.28. The van der Waals surface area contributed by atoms with Crippen LogP contribution in [0.25, 0.3) is 0 Å². The average molecular weight is 167 g/mol. The van der Waals surface area contributed by atoms with Gasteiger partial charge in [-0.1, -0.05) is 20.8 Å². The molecule has 0 bridgehead atoms. The molecule has 0 amide bonds. The van der Waals surface area contributed by atoms with Crippen LogP contribution in [0.4, 0.5) is 0 Å². The summed E-state index contributed by atoms with van der Waals surface area (Å²) in [5.74, 6) is 2.81. The van der Waals surface area contributed by atoms with Gasteiger partial charge in [0.05, 0.1) is 0 Å². The zero-order valence-corrected chi connectivity index (χ0v) is 8.51. The third-order valence-electron chi connectivity index (χ3n) is 4.21. The maximum atomic E-state index is 3.78. The van der Waals surface area contributed by atoms with Crippen molar-refractivity contribution in [3.05, 3.63) is 0 Å². The van der Waals surface area contributed by atoms with E-state index in [1.165, 1.54) is 19.3 Å². The molecule has 0 radical (unpaired) electrons. The molecule has 0 aromatic rings. The maximum absolute atomic E-state index is 3.78. The van der Waals surface area contributed by atoms with Gasteiger partial charge in [-0.05, 0) is 37.0 Å². The van der Waals surface area contributed by atoms with E-state index in [1.54, 1.807) is 0 Å². The number of nitrogens with one attached hydrogen (secondary N) is 1. The Balaban J connectivity index is 1.74. The lowest BCUT2D eigenvalue weighted by Gasteiger charge is -2.47. The van der Waals surface area contributed by atoms with Crippen molar-refractivity contribution in [2.75, 3.05) is 0 Å². The third-order valence-corrected chi connectivity index (χ3v) is 4.21. The smallest absolute Gasteiger partial charge is 0.0101 e. The van der Waals surface area contributed by atoms with Gasteiger partial charge in [0.15, 0.2) is 0 Å². The Labute approximate surface area is 75.9 Å². The minimum Gasteiger partial charge on any atom is -0.311 e. The average Bonchev–Trinajstić information content (AvgIpc) is 2.08. The summed E-state index contributed by atoms with van der Waals surface area (Å²) in [6.45, 7) is 7.12. The Morgan fingerprint density at radius 1 is 0.917 bits per heavy atom. The quantitative estimate of drug-likeness (QED) is 0.666. The highest BCUT2D eigenvalue weighted by Gasteiger charge is 2.38. The second-order valence-corrected chi connectivity index (χ2v) is 5.01. The molecule has 12 heavy (non-hydrogen) atoms. The lowest BCUT2D eigenvalue weighted by atomic mass is 9.70. The highest BCUT2D eigenvalue weighted by Crippen LogP contribution is 2.36. The van der Waals surface area contributed by atoms with Crippen LogP contribution in [0.1, 0.15) is 40.0 Å². The minimum atomic E-state index is 0.841. The minimum absolute atomic E-state index is 0.841. The molecule has 1 nitrogen and oxygen atoms in total. The fraction of sp³-hybridized carbons (Fsp3) is 1.00. The Bertz CT molecular complexity index is 166. The van der Waals surface area contributed by atoms with Crippen molar-refractivity contribution in [2.24, 2.45) is 17.8 Å². The first-order chi connectivity index (χ1) is 5.68. The van der Waals surface area contributed by atoms with Gasteiger partial charge < -0.3 is 5.32 Å². The summed E-state index contributed by atoms with van der Waals surface area (Å²) in [5, 5.41) is 3.78. The molecule has 1 N–H and O–H groups in total. The van der Waals surface area contributed by atoms with Gasteiger partial charge in [-0.15, -0.1) is 0 Å². The van der Waals surface area contributed by atoms with E-state index in [2.05, 4.69) is 26.1 Å². The normalized spacial score (nSPS) is 52.8. The first kappa shape index (κ1) is 8.55. The summed E-state index contributed by atoms with van der Waals surface area (Å²) in [4.78, 5) is 0.